The Morgan fingerprint density at radius 2 is 2.23 bits per heavy atom. The Morgan fingerprint density at radius 3 is 2.88 bits per heavy atom. The summed E-state index contributed by atoms with van der Waals surface area (Å²) in [5, 5.41) is 25.5. The molecule has 0 aromatic carbocycles. The first kappa shape index (κ1) is 17.0. The highest BCUT2D eigenvalue weighted by atomic mass is 32.2. The standard InChI is InChI=1S/C14H13N5O5S2/c15-14-16-5(3-26-14)7(18-24)11(22)17-8-12(23)19-9-4(2-25-13(8)19)1-6(20)10(9)21/h3,6,8,13,20,24H,1-2H2,(H2,15,16)(H,17,22)/b18-7-/t6?,8-,13-/m1/s1. The number of aliphatic hydroxyl groups is 1. The van der Waals surface area contributed by atoms with Crippen molar-refractivity contribution in [1.29, 1.82) is 0 Å². The van der Waals surface area contributed by atoms with E-state index in [1.165, 1.54) is 22.0 Å². The van der Waals surface area contributed by atoms with Crippen LogP contribution in [0, 0.1) is 0 Å². The van der Waals surface area contributed by atoms with Gasteiger partial charge in [-0.3, -0.25) is 19.3 Å². The van der Waals surface area contributed by atoms with E-state index in [2.05, 4.69) is 15.5 Å². The van der Waals surface area contributed by atoms with Gasteiger partial charge in [0.25, 0.3) is 11.8 Å². The Hall–Kier alpha value is -2.44. The summed E-state index contributed by atoms with van der Waals surface area (Å²) in [4.78, 5) is 42.1. The molecule has 1 aliphatic carbocycles. The Bertz CT molecular complexity index is 894. The van der Waals surface area contributed by atoms with Gasteiger partial charge in [-0.1, -0.05) is 5.16 Å². The second-order valence-corrected chi connectivity index (χ2v) is 7.91. The van der Waals surface area contributed by atoms with Crippen molar-refractivity contribution in [2.75, 3.05) is 11.5 Å². The fourth-order valence-corrected chi connectivity index (χ4v) is 5.09. The predicted octanol–water partition coefficient (Wildman–Crippen LogP) is -1.11. The zero-order chi connectivity index (χ0) is 18.6. The number of nitrogens with one attached hydrogen (secondary N) is 1. The highest BCUT2D eigenvalue weighted by molar-refractivity contribution is 8.00. The topological polar surface area (TPSA) is 158 Å². The van der Waals surface area contributed by atoms with Crippen molar-refractivity contribution in [1.82, 2.24) is 15.2 Å². The monoisotopic (exact) mass is 395 g/mol. The van der Waals surface area contributed by atoms with E-state index in [0.29, 0.717) is 5.75 Å². The molecule has 0 spiro atoms. The van der Waals surface area contributed by atoms with Crippen LogP contribution in [0.4, 0.5) is 5.13 Å². The largest absolute Gasteiger partial charge is 0.410 e. The molecule has 1 unspecified atom stereocenters. The number of aromatic nitrogens is 1. The minimum Gasteiger partial charge on any atom is -0.410 e. The van der Waals surface area contributed by atoms with Gasteiger partial charge in [-0.25, -0.2) is 4.98 Å². The van der Waals surface area contributed by atoms with Gasteiger partial charge in [-0.05, 0) is 5.57 Å². The van der Waals surface area contributed by atoms with E-state index >= 15 is 0 Å². The molecule has 0 saturated carbocycles. The zero-order valence-electron chi connectivity index (χ0n) is 13.1. The van der Waals surface area contributed by atoms with Crippen LogP contribution in [0.5, 0.6) is 0 Å². The van der Waals surface area contributed by atoms with E-state index in [1.54, 1.807) is 0 Å². The van der Waals surface area contributed by atoms with Crippen LogP contribution in [0.25, 0.3) is 0 Å². The van der Waals surface area contributed by atoms with Crippen molar-refractivity contribution in [3.8, 4) is 0 Å². The minimum atomic E-state index is -1.11. The lowest BCUT2D eigenvalue weighted by Gasteiger charge is -2.49. The number of nitrogen functional groups attached to an aromatic ring is 1. The number of nitrogens with two attached hydrogens (primary N) is 1. The molecule has 0 bridgehead atoms. The first-order chi connectivity index (χ1) is 12.4. The van der Waals surface area contributed by atoms with Crippen LogP contribution in [0.1, 0.15) is 12.1 Å². The Labute approximate surface area is 154 Å². The van der Waals surface area contributed by atoms with Gasteiger partial charge in [0.1, 0.15) is 23.2 Å². The molecule has 1 aromatic rings. The van der Waals surface area contributed by atoms with Crippen molar-refractivity contribution in [3.05, 3.63) is 22.3 Å². The lowest BCUT2D eigenvalue weighted by atomic mass is 10.0. The summed E-state index contributed by atoms with van der Waals surface area (Å²) in [6.07, 6.45) is -0.870. The average Bonchev–Trinajstić information content (AvgIpc) is 3.16. The lowest BCUT2D eigenvalue weighted by molar-refractivity contribution is -0.147. The van der Waals surface area contributed by atoms with Crippen LogP contribution < -0.4 is 11.1 Å². The van der Waals surface area contributed by atoms with Crippen molar-refractivity contribution in [2.45, 2.75) is 23.9 Å². The highest BCUT2D eigenvalue weighted by Crippen LogP contribution is 2.44. The maximum absolute atomic E-state index is 12.5. The molecule has 3 aliphatic rings. The van der Waals surface area contributed by atoms with Crippen molar-refractivity contribution < 1.29 is 24.7 Å². The zero-order valence-corrected chi connectivity index (χ0v) is 14.7. The summed E-state index contributed by atoms with van der Waals surface area (Å²) in [6, 6.07) is -0.861. The maximum atomic E-state index is 12.5. The number of amides is 2. The molecule has 3 atom stereocenters. The number of fused-ring (bicyclic) bond motifs is 2. The molecule has 10 nitrogen and oxygen atoms in total. The number of carbonyl (C=O) groups is 3. The van der Waals surface area contributed by atoms with Gasteiger partial charge >= 0.3 is 0 Å². The van der Waals surface area contributed by atoms with Crippen LogP contribution in [-0.4, -0.2) is 66.8 Å². The van der Waals surface area contributed by atoms with Crippen LogP contribution in [0.3, 0.4) is 0 Å². The third kappa shape index (κ3) is 2.40. The van der Waals surface area contributed by atoms with Crippen LogP contribution in [0.2, 0.25) is 0 Å². The molecule has 2 amide bonds. The lowest BCUT2D eigenvalue weighted by Crippen LogP contribution is -2.70. The summed E-state index contributed by atoms with van der Waals surface area (Å²) >= 11 is 2.48. The Balaban J connectivity index is 1.50. The number of ketones is 1. The molecule has 3 heterocycles. The smallest absolute Gasteiger partial charge is 0.276 e. The SMILES string of the molecule is Nc1nc(/C(=N/O)C(=O)N[C@@H]2C(=O)N3C4=C(CS[C@H]23)CC(O)C4=O)cs1. The molecular weight excluding hydrogens is 382 g/mol. The van der Waals surface area contributed by atoms with Gasteiger partial charge in [0.05, 0.1) is 5.70 Å². The third-order valence-electron chi connectivity index (χ3n) is 4.39. The molecule has 4 rings (SSSR count). The molecule has 26 heavy (non-hydrogen) atoms. The first-order valence-corrected chi connectivity index (χ1v) is 9.48. The number of thiazole rings is 1. The summed E-state index contributed by atoms with van der Waals surface area (Å²) in [5.74, 6) is -1.17. The number of thioether (sulfide) groups is 1. The Kier molecular flexibility index (Phi) is 3.97. The number of carbonyl (C=O) groups excluding carboxylic acids is 3. The van der Waals surface area contributed by atoms with Crippen LogP contribution in [0.15, 0.2) is 21.8 Å². The van der Waals surface area contributed by atoms with Crippen LogP contribution in [-0.2, 0) is 14.4 Å². The number of nitrogens with zero attached hydrogens (tertiary/aromatic N) is 3. The second kappa shape index (κ2) is 6.07. The van der Waals surface area contributed by atoms with Gasteiger partial charge in [0.15, 0.2) is 10.8 Å². The number of Topliss-reactive ketones (excluding diaryl/α,β-unsaturated/α-hetero) is 1. The normalized spacial score (nSPS) is 28.0. The molecule has 1 fully saturated rings. The summed E-state index contributed by atoms with van der Waals surface area (Å²) in [7, 11) is 0. The number of β-lactam (4-membered cyclic amide) rings is 1. The third-order valence-corrected chi connectivity index (χ3v) is 6.40. The van der Waals surface area contributed by atoms with Gasteiger partial charge < -0.3 is 21.4 Å². The quantitative estimate of drug-likeness (QED) is 0.217. The fraction of sp³-hybridized carbons (Fsp3) is 0.357. The van der Waals surface area contributed by atoms with E-state index in [0.717, 1.165) is 16.9 Å². The van der Waals surface area contributed by atoms with Crippen molar-refractivity contribution in [2.24, 2.45) is 5.16 Å². The average molecular weight is 395 g/mol. The van der Waals surface area contributed by atoms with E-state index in [9.17, 15) is 19.5 Å². The maximum Gasteiger partial charge on any atom is 0.276 e. The summed E-state index contributed by atoms with van der Waals surface area (Å²) in [5.41, 5.74) is 6.26. The summed E-state index contributed by atoms with van der Waals surface area (Å²) in [6.45, 7) is 0. The van der Waals surface area contributed by atoms with Gasteiger partial charge in [0.2, 0.25) is 5.78 Å². The number of aliphatic hydroxyl groups excluding tert-OH is 1. The number of rotatable bonds is 3. The van der Waals surface area contributed by atoms with E-state index in [4.69, 9.17) is 10.9 Å². The molecule has 136 valence electrons. The van der Waals surface area contributed by atoms with Crippen molar-refractivity contribution in [3.63, 3.8) is 0 Å². The fourth-order valence-electron chi connectivity index (χ4n) is 3.18. The van der Waals surface area contributed by atoms with Crippen molar-refractivity contribution >= 4 is 51.5 Å². The predicted molar refractivity (Wildman–Crippen MR) is 92.5 cm³/mol. The first-order valence-electron chi connectivity index (χ1n) is 7.55. The van der Waals surface area contributed by atoms with Gasteiger partial charge in [-0.2, -0.15) is 0 Å². The number of hydrogen-bond donors (Lipinski definition) is 4. The van der Waals surface area contributed by atoms with E-state index in [1.807, 2.05) is 0 Å². The number of anilines is 1. The Morgan fingerprint density at radius 1 is 1.46 bits per heavy atom. The van der Waals surface area contributed by atoms with Gasteiger partial charge in [0, 0.05) is 17.6 Å². The molecule has 1 saturated heterocycles. The number of oxime groups is 1. The van der Waals surface area contributed by atoms with E-state index < -0.39 is 35.1 Å². The van der Waals surface area contributed by atoms with Gasteiger partial charge in [-0.15, -0.1) is 23.1 Å². The molecule has 1 aromatic heterocycles. The molecule has 0 radical (unpaired) electrons. The second-order valence-electron chi connectivity index (χ2n) is 5.92. The van der Waals surface area contributed by atoms with E-state index in [-0.39, 0.29) is 28.7 Å². The molecule has 12 heteroatoms. The minimum absolute atomic E-state index is 0.103. The summed E-state index contributed by atoms with van der Waals surface area (Å²) < 4.78 is 0. The molecular formula is C14H13N5O5S2. The molecule has 5 N–H and O–H groups in total. The van der Waals surface area contributed by atoms with Crippen LogP contribution >= 0.6 is 23.1 Å². The highest BCUT2D eigenvalue weighted by Gasteiger charge is 2.56. The number of hydrogen-bond acceptors (Lipinski definition) is 10. The molecule has 2 aliphatic heterocycles.